The molecule has 86 valence electrons. The number of rotatable bonds is 7. The van der Waals surface area contributed by atoms with E-state index in [1.807, 2.05) is 6.08 Å². The molecule has 1 heteroatoms. The van der Waals surface area contributed by atoms with Crippen molar-refractivity contribution in [1.29, 1.82) is 0 Å². The Labute approximate surface area is 94.3 Å². The van der Waals surface area contributed by atoms with E-state index in [2.05, 4.69) is 33.4 Å². The molecule has 0 amide bonds. The third kappa shape index (κ3) is 6.27. The Hall–Kier alpha value is -0.850. The van der Waals surface area contributed by atoms with Crippen LogP contribution in [0.1, 0.15) is 53.4 Å². The molecule has 0 unspecified atom stereocenters. The summed E-state index contributed by atoms with van der Waals surface area (Å²) in [5.74, 6) is 0.209. The lowest BCUT2D eigenvalue weighted by atomic mass is 9.85. The molecule has 0 rings (SSSR count). The lowest BCUT2D eigenvalue weighted by molar-refractivity contribution is -0.113. The van der Waals surface area contributed by atoms with Gasteiger partial charge in [0.2, 0.25) is 0 Å². The minimum atomic E-state index is 0.0521. The van der Waals surface area contributed by atoms with Crippen LogP contribution in [0.15, 0.2) is 24.3 Å². The van der Waals surface area contributed by atoms with E-state index in [0.717, 1.165) is 31.3 Å². The molecule has 15 heavy (non-hydrogen) atoms. The SMILES string of the molecule is C=CCC(C)(C)C=C(CCCC)C(C)=O. The molecule has 0 aromatic heterocycles. The number of hydrogen-bond acceptors (Lipinski definition) is 1. The first kappa shape index (κ1) is 14.2. The molecule has 0 spiro atoms. The lowest BCUT2D eigenvalue weighted by Gasteiger charge is -2.19. The van der Waals surface area contributed by atoms with E-state index in [-0.39, 0.29) is 11.2 Å². The van der Waals surface area contributed by atoms with E-state index in [1.165, 1.54) is 0 Å². The third-order valence-corrected chi connectivity index (χ3v) is 2.49. The molecule has 1 nitrogen and oxygen atoms in total. The fraction of sp³-hybridized carbons (Fsp3) is 0.643. The summed E-state index contributed by atoms with van der Waals surface area (Å²) in [7, 11) is 0. The number of carbonyl (C=O) groups is 1. The van der Waals surface area contributed by atoms with Crippen LogP contribution in [0.2, 0.25) is 0 Å². The van der Waals surface area contributed by atoms with Gasteiger partial charge in [-0.25, -0.2) is 0 Å². The Bertz CT molecular complexity index is 246. The Morgan fingerprint density at radius 3 is 2.40 bits per heavy atom. The minimum absolute atomic E-state index is 0.0521. The van der Waals surface area contributed by atoms with Crippen molar-refractivity contribution in [1.82, 2.24) is 0 Å². The summed E-state index contributed by atoms with van der Waals surface area (Å²) in [5.41, 5.74) is 1.03. The molecule has 0 saturated heterocycles. The zero-order valence-electron chi connectivity index (χ0n) is 10.6. The zero-order chi connectivity index (χ0) is 11.9. The van der Waals surface area contributed by atoms with Crippen LogP contribution < -0.4 is 0 Å². The van der Waals surface area contributed by atoms with Crippen LogP contribution >= 0.6 is 0 Å². The number of Topliss-reactive ketones (excluding diaryl/α,β-unsaturated/α-hetero) is 1. The van der Waals surface area contributed by atoms with Gasteiger partial charge in [0.1, 0.15) is 0 Å². The first-order valence-corrected chi connectivity index (χ1v) is 5.76. The van der Waals surface area contributed by atoms with Gasteiger partial charge < -0.3 is 0 Å². The van der Waals surface area contributed by atoms with Crippen LogP contribution in [0.3, 0.4) is 0 Å². The van der Waals surface area contributed by atoms with Gasteiger partial charge in [-0.1, -0.05) is 39.3 Å². The van der Waals surface area contributed by atoms with E-state index < -0.39 is 0 Å². The van der Waals surface area contributed by atoms with Crippen molar-refractivity contribution in [2.24, 2.45) is 5.41 Å². The van der Waals surface area contributed by atoms with Crippen molar-refractivity contribution >= 4 is 5.78 Å². The fourth-order valence-corrected chi connectivity index (χ4v) is 1.62. The zero-order valence-corrected chi connectivity index (χ0v) is 10.6. The molecular weight excluding hydrogens is 184 g/mol. The van der Waals surface area contributed by atoms with Crippen LogP contribution in [-0.4, -0.2) is 5.78 Å². The Kier molecular flexibility index (Phi) is 6.23. The maximum absolute atomic E-state index is 11.4. The average Bonchev–Trinajstić information content (AvgIpc) is 2.11. The highest BCUT2D eigenvalue weighted by Gasteiger charge is 2.15. The molecular formula is C14H24O. The van der Waals surface area contributed by atoms with Crippen molar-refractivity contribution in [2.45, 2.75) is 53.4 Å². The lowest BCUT2D eigenvalue weighted by Crippen LogP contribution is -2.10. The smallest absolute Gasteiger partial charge is 0.155 e. The summed E-state index contributed by atoms with van der Waals surface area (Å²) in [6.07, 6.45) is 8.07. The van der Waals surface area contributed by atoms with Gasteiger partial charge >= 0.3 is 0 Å². The molecule has 0 heterocycles. The topological polar surface area (TPSA) is 17.1 Å². The van der Waals surface area contributed by atoms with Crippen molar-refractivity contribution in [3.8, 4) is 0 Å². The first-order valence-electron chi connectivity index (χ1n) is 5.76. The van der Waals surface area contributed by atoms with E-state index in [9.17, 15) is 4.79 Å². The van der Waals surface area contributed by atoms with Gasteiger partial charge in [0.05, 0.1) is 0 Å². The molecule has 0 aromatic carbocycles. The van der Waals surface area contributed by atoms with E-state index in [0.29, 0.717) is 0 Å². The second kappa shape index (κ2) is 6.60. The second-order valence-electron chi connectivity index (χ2n) is 4.81. The molecule has 0 radical (unpaired) electrons. The maximum atomic E-state index is 11.4. The monoisotopic (exact) mass is 208 g/mol. The number of unbranched alkanes of at least 4 members (excludes halogenated alkanes) is 1. The van der Waals surface area contributed by atoms with Crippen molar-refractivity contribution in [2.75, 3.05) is 0 Å². The van der Waals surface area contributed by atoms with Gasteiger partial charge in [-0.15, -0.1) is 6.58 Å². The molecule has 0 bridgehead atoms. The number of hydrogen-bond donors (Lipinski definition) is 0. The maximum Gasteiger partial charge on any atom is 0.155 e. The highest BCUT2D eigenvalue weighted by molar-refractivity contribution is 5.93. The summed E-state index contributed by atoms with van der Waals surface area (Å²) in [5, 5.41) is 0. The largest absolute Gasteiger partial charge is 0.295 e. The van der Waals surface area contributed by atoms with Crippen LogP contribution in [0.25, 0.3) is 0 Å². The average molecular weight is 208 g/mol. The molecule has 0 aromatic rings. The number of ketones is 1. The van der Waals surface area contributed by atoms with Gasteiger partial charge in [0, 0.05) is 0 Å². The van der Waals surface area contributed by atoms with E-state index in [1.54, 1.807) is 6.92 Å². The van der Waals surface area contributed by atoms with Gasteiger partial charge in [-0.05, 0) is 37.2 Å². The van der Waals surface area contributed by atoms with Crippen LogP contribution in [0.4, 0.5) is 0 Å². The van der Waals surface area contributed by atoms with E-state index >= 15 is 0 Å². The quantitative estimate of drug-likeness (QED) is 0.450. The summed E-state index contributed by atoms with van der Waals surface area (Å²) in [6, 6.07) is 0. The molecule has 0 saturated carbocycles. The summed E-state index contributed by atoms with van der Waals surface area (Å²) >= 11 is 0. The molecule has 0 aliphatic rings. The van der Waals surface area contributed by atoms with Gasteiger partial charge in [-0.3, -0.25) is 4.79 Å². The number of allylic oxidation sites excluding steroid dienone is 3. The van der Waals surface area contributed by atoms with Gasteiger partial charge in [0.25, 0.3) is 0 Å². The molecule has 0 atom stereocenters. The van der Waals surface area contributed by atoms with Crippen molar-refractivity contribution in [3.63, 3.8) is 0 Å². The minimum Gasteiger partial charge on any atom is -0.295 e. The summed E-state index contributed by atoms with van der Waals surface area (Å²) in [4.78, 5) is 11.4. The molecule has 0 N–H and O–H groups in total. The summed E-state index contributed by atoms with van der Waals surface area (Å²) < 4.78 is 0. The predicted molar refractivity (Wildman–Crippen MR) is 66.9 cm³/mol. The van der Waals surface area contributed by atoms with Gasteiger partial charge in [-0.2, -0.15) is 0 Å². The molecule has 0 fully saturated rings. The van der Waals surface area contributed by atoms with Crippen LogP contribution in [0.5, 0.6) is 0 Å². The normalized spacial score (nSPS) is 12.7. The molecule has 0 aliphatic carbocycles. The Morgan fingerprint density at radius 2 is 2.00 bits per heavy atom. The molecule has 0 aliphatic heterocycles. The Morgan fingerprint density at radius 1 is 1.40 bits per heavy atom. The second-order valence-corrected chi connectivity index (χ2v) is 4.81. The van der Waals surface area contributed by atoms with Crippen molar-refractivity contribution in [3.05, 3.63) is 24.3 Å². The number of carbonyl (C=O) groups excluding carboxylic acids is 1. The van der Waals surface area contributed by atoms with Gasteiger partial charge in [0.15, 0.2) is 5.78 Å². The van der Waals surface area contributed by atoms with Crippen LogP contribution in [-0.2, 0) is 4.79 Å². The van der Waals surface area contributed by atoms with Crippen molar-refractivity contribution < 1.29 is 4.79 Å². The Balaban J connectivity index is 4.65. The van der Waals surface area contributed by atoms with Crippen LogP contribution in [0, 0.1) is 5.41 Å². The third-order valence-electron chi connectivity index (χ3n) is 2.49. The standard InChI is InChI=1S/C14H24O/c1-6-8-9-13(12(3)15)11-14(4,5)10-7-2/h7,11H,2,6,8-10H2,1,3-5H3. The first-order chi connectivity index (χ1) is 6.93. The predicted octanol–water partition coefficient (Wildman–Crippen LogP) is 4.29. The summed E-state index contributed by atoms with van der Waals surface area (Å²) in [6.45, 7) is 11.8. The highest BCUT2D eigenvalue weighted by Crippen LogP contribution is 2.26. The fourth-order valence-electron chi connectivity index (χ4n) is 1.62. The highest BCUT2D eigenvalue weighted by atomic mass is 16.1. The van der Waals surface area contributed by atoms with E-state index in [4.69, 9.17) is 0 Å².